The summed E-state index contributed by atoms with van der Waals surface area (Å²) in [6.45, 7) is 2.14. The third-order valence-corrected chi connectivity index (χ3v) is 7.46. The summed E-state index contributed by atoms with van der Waals surface area (Å²) in [7, 11) is 0. The molecule has 1 aliphatic carbocycles. The zero-order chi connectivity index (χ0) is 22.8. The van der Waals surface area contributed by atoms with Gasteiger partial charge in [0.05, 0.1) is 6.04 Å². The van der Waals surface area contributed by atoms with Crippen molar-refractivity contribution in [2.24, 2.45) is 0 Å². The molecule has 4 aromatic rings. The van der Waals surface area contributed by atoms with Gasteiger partial charge >= 0.3 is 0 Å². The zero-order valence-electron chi connectivity index (χ0n) is 18.5. The van der Waals surface area contributed by atoms with Crippen LogP contribution in [0, 0.1) is 11.7 Å². The molecule has 7 heteroatoms. The summed E-state index contributed by atoms with van der Waals surface area (Å²) < 4.78 is 2.19. The van der Waals surface area contributed by atoms with Crippen LogP contribution in [0.1, 0.15) is 46.0 Å². The number of aromatic nitrogens is 3. The maximum Gasteiger partial charge on any atom is 0.240 e. The van der Waals surface area contributed by atoms with E-state index in [1.807, 2.05) is 37.3 Å². The van der Waals surface area contributed by atoms with Crippen molar-refractivity contribution in [2.45, 2.75) is 45.2 Å². The van der Waals surface area contributed by atoms with E-state index < -0.39 is 0 Å². The van der Waals surface area contributed by atoms with E-state index in [9.17, 15) is 4.79 Å². The number of amides is 1. The van der Waals surface area contributed by atoms with Gasteiger partial charge in [0.25, 0.3) is 0 Å². The first kappa shape index (κ1) is 21.8. The van der Waals surface area contributed by atoms with Crippen LogP contribution in [0.2, 0.25) is 0 Å². The van der Waals surface area contributed by atoms with Gasteiger partial charge in [0.2, 0.25) is 5.91 Å². The highest BCUT2D eigenvalue weighted by atomic mass is 32.1. The molecule has 1 atom stereocenters. The van der Waals surface area contributed by atoms with Crippen molar-refractivity contribution in [2.75, 3.05) is 0 Å². The molecule has 2 aromatic heterocycles. The van der Waals surface area contributed by atoms with E-state index in [1.54, 1.807) is 15.9 Å². The highest BCUT2D eigenvalue weighted by Crippen LogP contribution is 2.30. The van der Waals surface area contributed by atoms with Crippen LogP contribution >= 0.6 is 23.6 Å². The number of H-pyrrole nitrogens is 1. The maximum absolute atomic E-state index is 13.3. The minimum atomic E-state index is -0.186. The Bertz CT molecular complexity index is 1320. The number of benzene rings is 2. The molecule has 0 spiro atoms. The SMILES string of the molecule is Cc1ccc(-c2n[nH]c(=S)n2CC(=O)NC(c2ccc3c(c2)CCCC3)c2cccs2)cc1. The molecule has 5 rings (SSSR count). The first-order valence-corrected chi connectivity index (χ1v) is 12.5. The summed E-state index contributed by atoms with van der Waals surface area (Å²) in [6, 6.07) is 18.6. The van der Waals surface area contributed by atoms with Crippen molar-refractivity contribution in [3.63, 3.8) is 0 Å². The molecule has 0 fully saturated rings. The smallest absolute Gasteiger partial charge is 0.240 e. The number of rotatable bonds is 6. The molecule has 0 saturated heterocycles. The largest absolute Gasteiger partial charge is 0.343 e. The Hall–Kier alpha value is -3.03. The molecule has 2 heterocycles. The molecule has 2 aromatic carbocycles. The third-order valence-electron chi connectivity index (χ3n) is 6.21. The molecule has 0 aliphatic heterocycles. The Morgan fingerprint density at radius 2 is 1.94 bits per heavy atom. The number of hydrogen-bond donors (Lipinski definition) is 2. The van der Waals surface area contributed by atoms with Crippen LogP contribution in [0.25, 0.3) is 11.4 Å². The van der Waals surface area contributed by atoms with Crippen molar-refractivity contribution >= 4 is 29.5 Å². The minimum Gasteiger partial charge on any atom is -0.343 e. The minimum absolute atomic E-state index is 0.100. The van der Waals surface area contributed by atoms with Gasteiger partial charge in [-0.2, -0.15) is 5.10 Å². The van der Waals surface area contributed by atoms with Crippen LogP contribution in [-0.2, 0) is 24.2 Å². The topological polar surface area (TPSA) is 62.7 Å². The number of hydrogen-bond acceptors (Lipinski definition) is 4. The van der Waals surface area contributed by atoms with Gasteiger partial charge in [0.15, 0.2) is 10.6 Å². The van der Waals surface area contributed by atoms with Crippen LogP contribution in [0.4, 0.5) is 0 Å². The van der Waals surface area contributed by atoms with Crippen LogP contribution in [0.3, 0.4) is 0 Å². The van der Waals surface area contributed by atoms with Crippen LogP contribution in [0.15, 0.2) is 60.0 Å². The summed E-state index contributed by atoms with van der Waals surface area (Å²) >= 11 is 7.09. The Kier molecular flexibility index (Phi) is 6.24. The predicted octanol–water partition coefficient (Wildman–Crippen LogP) is 5.76. The highest BCUT2D eigenvalue weighted by molar-refractivity contribution is 7.71. The number of carbonyl (C=O) groups excluding carboxylic acids is 1. The average molecular weight is 475 g/mol. The lowest BCUT2D eigenvalue weighted by atomic mass is 9.89. The summed E-state index contributed by atoms with van der Waals surface area (Å²) in [5.41, 5.74) is 6.06. The molecule has 0 saturated carbocycles. The third kappa shape index (κ3) is 4.70. The van der Waals surface area contributed by atoms with Crippen molar-refractivity contribution < 1.29 is 4.79 Å². The van der Waals surface area contributed by atoms with Crippen molar-refractivity contribution in [3.05, 3.63) is 91.9 Å². The Morgan fingerprint density at radius 1 is 1.15 bits per heavy atom. The lowest BCUT2D eigenvalue weighted by Crippen LogP contribution is -2.32. The molecule has 33 heavy (non-hydrogen) atoms. The second-order valence-corrected chi connectivity index (χ2v) is 9.92. The van der Waals surface area contributed by atoms with Crippen LogP contribution < -0.4 is 5.32 Å². The lowest BCUT2D eigenvalue weighted by molar-refractivity contribution is -0.122. The Labute approximate surface area is 202 Å². The molecule has 2 N–H and O–H groups in total. The Morgan fingerprint density at radius 3 is 2.70 bits per heavy atom. The molecule has 1 aliphatic rings. The number of aryl methyl sites for hydroxylation is 3. The van der Waals surface area contributed by atoms with Gasteiger partial charge in [0.1, 0.15) is 6.54 Å². The molecular formula is C26H26N4OS2. The average Bonchev–Trinajstić information content (AvgIpc) is 3.49. The predicted molar refractivity (Wildman–Crippen MR) is 135 cm³/mol. The van der Waals surface area contributed by atoms with E-state index in [1.165, 1.54) is 29.5 Å². The van der Waals surface area contributed by atoms with Crippen LogP contribution in [-0.4, -0.2) is 20.7 Å². The van der Waals surface area contributed by atoms with Gasteiger partial charge < -0.3 is 5.32 Å². The number of thiophene rings is 1. The molecular weight excluding hydrogens is 448 g/mol. The van der Waals surface area contributed by atoms with Gasteiger partial charge in [-0.05, 0) is 73.0 Å². The van der Waals surface area contributed by atoms with E-state index in [2.05, 4.69) is 45.2 Å². The van der Waals surface area contributed by atoms with Gasteiger partial charge in [-0.1, -0.05) is 54.1 Å². The van der Waals surface area contributed by atoms with Gasteiger partial charge in [-0.25, -0.2) is 0 Å². The number of fused-ring (bicyclic) bond motifs is 1. The fourth-order valence-electron chi connectivity index (χ4n) is 4.44. The highest BCUT2D eigenvalue weighted by Gasteiger charge is 2.21. The first-order chi connectivity index (χ1) is 16.1. The number of aromatic amines is 1. The van der Waals surface area contributed by atoms with Crippen molar-refractivity contribution in [1.29, 1.82) is 0 Å². The molecule has 1 amide bonds. The quantitative estimate of drug-likeness (QED) is 0.349. The number of carbonyl (C=O) groups is 1. The number of nitrogens with zero attached hydrogens (tertiary/aromatic N) is 2. The zero-order valence-corrected chi connectivity index (χ0v) is 20.1. The molecule has 0 radical (unpaired) electrons. The monoisotopic (exact) mass is 474 g/mol. The summed E-state index contributed by atoms with van der Waals surface area (Å²) in [4.78, 5) is 14.4. The van der Waals surface area contributed by atoms with Crippen LogP contribution in [0.5, 0.6) is 0 Å². The van der Waals surface area contributed by atoms with E-state index in [0.29, 0.717) is 10.6 Å². The normalized spacial score (nSPS) is 14.0. The molecule has 5 nitrogen and oxygen atoms in total. The first-order valence-electron chi connectivity index (χ1n) is 11.3. The summed E-state index contributed by atoms with van der Waals surface area (Å²) in [5.74, 6) is 0.564. The van der Waals surface area contributed by atoms with Crippen molar-refractivity contribution in [1.82, 2.24) is 20.1 Å². The fourth-order valence-corrected chi connectivity index (χ4v) is 5.44. The molecule has 1 unspecified atom stereocenters. The number of nitrogens with one attached hydrogen (secondary N) is 2. The maximum atomic E-state index is 13.3. The Balaban J connectivity index is 1.41. The summed E-state index contributed by atoms with van der Waals surface area (Å²) in [6.07, 6.45) is 4.74. The van der Waals surface area contributed by atoms with Gasteiger partial charge in [-0.15, -0.1) is 11.3 Å². The second kappa shape index (κ2) is 9.45. The van der Waals surface area contributed by atoms with Crippen molar-refractivity contribution in [3.8, 4) is 11.4 Å². The fraction of sp³-hybridized carbons (Fsp3) is 0.269. The van der Waals surface area contributed by atoms with Gasteiger partial charge in [0, 0.05) is 10.4 Å². The second-order valence-electron chi connectivity index (χ2n) is 8.56. The lowest BCUT2D eigenvalue weighted by Gasteiger charge is -2.22. The van der Waals surface area contributed by atoms with E-state index >= 15 is 0 Å². The van der Waals surface area contributed by atoms with E-state index in [-0.39, 0.29) is 18.5 Å². The van der Waals surface area contributed by atoms with E-state index in [4.69, 9.17) is 12.2 Å². The molecule has 168 valence electrons. The molecule has 0 bridgehead atoms. The van der Waals surface area contributed by atoms with E-state index in [0.717, 1.165) is 28.8 Å². The standard InChI is InChI=1S/C26H26N4OS2/c1-17-8-10-19(11-9-17)25-28-29-26(32)30(25)16-23(31)27-24(22-7-4-14-33-22)21-13-12-18-5-2-3-6-20(18)15-21/h4,7-15,24H,2-3,5-6,16H2,1H3,(H,27,31)(H,29,32). The summed E-state index contributed by atoms with van der Waals surface area (Å²) in [5, 5.41) is 12.5. The van der Waals surface area contributed by atoms with Gasteiger partial charge in [-0.3, -0.25) is 14.5 Å².